The van der Waals surface area contributed by atoms with Crippen LogP contribution in [0.5, 0.6) is 0 Å². The lowest BCUT2D eigenvalue weighted by Crippen LogP contribution is -2.45. The Labute approximate surface area is 115 Å². The van der Waals surface area contributed by atoms with E-state index in [0.29, 0.717) is 6.04 Å². The summed E-state index contributed by atoms with van der Waals surface area (Å²) in [6.07, 6.45) is 0. The number of hydrogen-bond donors (Lipinski definition) is 1. The molecular formula is C17H19N2. The van der Waals surface area contributed by atoms with Gasteiger partial charge in [-0.1, -0.05) is 54.6 Å². The highest BCUT2D eigenvalue weighted by molar-refractivity contribution is 5.20. The third-order valence-electron chi connectivity index (χ3n) is 3.67. The maximum atomic E-state index is 3.49. The first-order valence-corrected chi connectivity index (χ1v) is 6.89. The van der Waals surface area contributed by atoms with Gasteiger partial charge in [-0.2, -0.15) is 0 Å². The maximum Gasteiger partial charge on any atom is 0.0482 e. The van der Waals surface area contributed by atoms with Crippen LogP contribution in [0.1, 0.15) is 17.2 Å². The van der Waals surface area contributed by atoms with Gasteiger partial charge in [0.05, 0.1) is 0 Å². The SMILES string of the molecule is [c]1ccccc1C1CNCCN1Cc1ccccc1. The molecule has 97 valence electrons. The van der Waals surface area contributed by atoms with E-state index in [9.17, 15) is 0 Å². The van der Waals surface area contributed by atoms with Crippen LogP contribution in [0.15, 0.2) is 54.6 Å². The molecule has 1 atom stereocenters. The number of piperazine rings is 1. The van der Waals surface area contributed by atoms with Crippen LogP contribution in [0.3, 0.4) is 0 Å². The van der Waals surface area contributed by atoms with Gasteiger partial charge in [0.2, 0.25) is 0 Å². The van der Waals surface area contributed by atoms with Crippen molar-refractivity contribution in [1.82, 2.24) is 10.2 Å². The number of nitrogens with one attached hydrogen (secondary N) is 1. The fourth-order valence-corrected chi connectivity index (χ4v) is 2.67. The molecule has 1 aliphatic rings. The van der Waals surface area contributed by atoms with Crippen molar-refractivity contribution >= 4 is 0 Å². The molecule has 2 aromatic rings. The van der Waals surface area contributed by atoms with Crippen LogP contribution in [0.2, 0.25) is 0 Å². The Morgan fingerprint density at radius 1 is 1.11 bits per heavy atom. The Hall–Kier alpha value is -1.64. The Morgan fingerprint density at radius 2 is 1.95 bits per heavy atom. The second-order valence-electron chi connectivity index (χ2n) is 4.99. The normalized spacial score (nSPS) is 20.3. The first kappa shape index (κ1) is 12.4. The fraction of sp³-hybridized carbons (Fsp3) is 0.294. The smallest absolute Gasteiger partial charge is 0.0482 e. The summed E-state index contributed by atoms with van der Waals surface area (Å²) in [5, 5.41) is 3.49. The minimum atomic E-state index is 0.426. The zero-order chi connectivity index (χ0) is 12.9. The molecule has 19 heavy (non-hydrogen) atoms. The zero-order valence-corrected chi connectivity index (χ0v) is 11.0. The molecule has 0 aliphatic carbocycles. The molecule has 2 heteroatoms. The molecule has 0 aromatic heterocycles. The molecule has 3 rings (SSSR count). The lowest BCUT2D eigenvalue weighted by Gasteiger charge is -2.36. The average Bonchev–Trinajstić information content (AvgIpc) is 2.50. The third-order valence-corrected chi connectivity index (χ3v) is 3.67. The van der Waals surface area contributed by atoms with E-state index in [2.05, 4.69) is 58.7 Å². The second kappa shape index (κ2) is 6.00. The lowest BCUT2D eigenvalue weighted by molar-refractivity contribution is 0.153. The van der Waals surface area contributed by atoms with E-state index in [1.807, 2.05) is 12.1 Å². The summed E-state index contributed by atoms with van der Waals surface area (Å²) in [4.78, 5) is 2.54. The highest BCUT2D eigenvalue weighted by Crippen LogP contribution is 2.23. The Morgan fingerprint density at radius 3 is 2.74 bits per heavy atom. The van der Waals surface area contributed by atoms with Crippen molar-refractivity contribution in [1.29, 1.82) is 0 Å². The highest BCUT2D eigenvalue weighted by Gasteiger charge is 2.23. The minimum absolute atomic E-state index is 0.426. The van der Waals surface area contributed by atoms with Crippen molar-refractivity contribution in [3.63, 3.8) is 0 Å². The molecule has 1 saturated heterocycles. The first-order chi connectivity index (χ1) is 9.43. The minimum Gasteiger partial charge on any atom is -0.314 e. The van der Waals surface area contributed by atoms with Crippen molar-refractivity contribution < 1.29 is 0 Å². The van der Waals surface area contributed by atoms with E-state index >= 15 is 0 Å². The molecule has 1 heterocycles. The predicted molar refractivity (Wildman–Crippen MR) is 77.7 cm³/mol. The van der Waals surface area contributed by atoms with Crippen molar-refractivity contribution in [2.24, 2.45) is 0 Å². The zero-order valence-electron chi connectivity index (χ0n) is 11.0. The van der Waals surface area contributed by atoms with E-state index < -0.39 is 0 Å². The van der Waals surface area contributed by atoms with Crippen LogP contribution in [0, 0.1) is 6.07 Å². The van der Waals surface area contributed by atoms with Gasteiger partial charge >= 0.3 is 0 Å². The monoisotopic (exact) mass is 251 g/mol. The standard InChI is InChI=1S/C17H19N2/c1-3-7-15(8-4-1)14-19-12-11-18-13-17(19)16-9-5-2-6-10-16/h1-9,17-18H,11-14H2. The topological polar surface area (TPSA) is 15.3 Å². The number of nitrogens with zero attached hydrogens (tertiary/aromatic N) is 1. The molecule has 1 aliphatic heterocycles. The molecule has 1 unspecified atom stereocenters. The second-order valence-corrected chi connectivity index (χ2v) is 4.99. The van der Waals surface area contributed by atoms with Crippen LogP contribution in [0.4, 0.5) is 0 Å². The molecule has 0 amide bonds. The number of hydrogen-bond acceptors (Lipinski definition) is 2. The predicted octanol–water partition coefficient (Wildman–Crippen LogP) is 2.63. The quantitative estimate of drug-likeness (QED) is 0.902. The molecule has 1 radical (unpaired) electrons. The Kier molecular flexibility index (Phi) is 3.92. The van der Waals surface area contributed by atoms with Crippen molar-refractivity contribution in [2.45, 2.75) is 12.6 Å². The van der Waals surface area contributed by atoms with Crippen LogP contribution in [0.25, 0.3) is 0 Å². The van der Waals surface area contributed by atoms with Gasteiger partial charge in [-0.15, -0.1) is 0 Å². The van der Waals surface area contributed by atoms with Gasteiger partial charge in [-0.25, -0.2) is 0 Å². The molecule has 1 fully saturated rings. The summed E-state index contributed by atoms with van der Waals surface area (Å²) in [5.74, 6) is 0. The maximum absolute atomic E-state index is 3.49. The van der Waals surface area contributed by atoms with Crippen LogP contribution >= 0.6 is 0 Å². The van der Waals surface area contributed by atoms with Crippen molar-refractivity contribution in [3.05, 3.63) is 71.8 Å². The molecule has 0 bridgehead atoms. The van der Waals surface area contributed by atoms with Gasteiger partial charge in [0.15, 0.2) is 0 Å². The molecule has 2 nitrogen and oxygen atoms in total. The number of rotatable bonds is 3. The van der Waals surface area contributed by atoms with Crippen LogP contribution < -0.4 is 5.32 Å². The summed E-state index contributed by atoms with van der Waals surface area (Å²) in [7, 11) is 0. The molecule has 0 saturated carbocycles. The summed E-state index contributed by atoms with van der Waals surface area (Å²) >= 11 is 0. The lowest BCUT2D eigenvalue weighted by atomic mass is 10.0. The summed E-state index contributed by atoms with van der Waals surface area (Å²) in [5.41, 5.74) is 2.66. The molecule has 1 N–H and O–H groups in total. The Balaban J connectivity index is 1.78. The van der Waals surface area contributed by atoms with E-state index in [-0.39, 0.29) is 0 Å². The van der Waals surface area contributed by atoms with Gasteiger partial charge in [0.25, 0.3) is 0 Å². The van der Waals surface area contributed by atoms with Gasteiger partial charge < -0.3 is 5.32 Å². The fourth-order valence-electron chi connectivity index (χ4n) is 2.67. The average molecular weight is 251 g/mol. The van der Waals surface area contributed by atoms with Crippen molar-refractivity contribution in [2.75, 3.05) is 19.6 Å². The van der Waals surface area contributed by atoms with Gasteiger partial charge in [0, 0.05) is 32.2 Å². The van der Waals surface area contributed by atoms with Crippen LogP contribution in [-0.4, -0.2) is 24.5 Å². The molecule has 2 aromatic carbocycles. The molecule has 0 spiro atoms. The van der Waals surface area contributed by atoms with E-state index in [1.54, 1.807) is 0 Å². The van der Waals surface area contributed by atoms with Gasteiger partial charge in [-0.05, 0) is 17.2 Å². The largest absolute Gasteiger partial charge is 0.314 e. The van der Waals surface area contributed by atoms with E-state index in [1.165, 1.54) is 11.1 Å². The molecular weight excluding hydrogens is 232 g/mol. The summed E-state index contributed by atoms with van der Waals surface area (Å²) in [6, 6.07) is 22.8. The number of benzene rings is 2. The highest BCUT2D eigenvalue weighted by atomic mass is 15.2. The first-order valence-electron chi connectivity index (χ1n) is 6.89. The van der Waals surface area contributed by atoms with Gasteiger partial charge in [0.1, 0.15) is 0 Å². The Bertz CT molecular complexity index is 495. The van der Waals surface area contributed by atoms with E-state index in [4.69, 9.17) is 0 Å². The van der Waals surface area contributed by atoms with E-state index in [0.717, 1.165) is 26.2 Å². The summed E-state index contributed by atoms with van der Waals surface area (Å²) in [6.45, 7) is 4.17. The van der Waals surface area contributed by atoms with Crippen molar-refractivity contribution in [3.8, 4) is 0 Å². The third kappa shape index (κ3) is 3.03. The van der Waals surface area contributed by atoms with Crippen LogP contribution in [-0.2, 0) is 6.54 Å². The summed E-state index contributed by atoms with van der Waals surface area (Å²) < 4.78 is 0. The van der Waals surface area contributed by atoms with Gasteiger partial charge in [-0.3, -0.25) is 4.90 Å².